The van der Waals surface area contributed by atoms with Gasteiger partial charge in [-0.05, 0) is 61.1 Å². The summed E-state index contributed by atoms with van der Waals surface area (Å²) < 4.78 is 5.80. The standard InChI is InChI=1S/C24H32N2O2/c1-3-6-20-7-4-5-8-24(20)28-18-23(27)17-25-21-9-11-22(12-10-21)26-15-13-19(2)14-16-26/h3-5,7-12,19,23,25,27H,1,6,13-18H2,2H3. The van der Waals surface area contributed by atoms with Gasteiger partial charge in [-0.15, -0.1) is 6.58 Å². The summed E-state index contributed by atoms with van der Waals surface area (Å²) in [5.41, 5.74) is 3.38. The molecule has 4 nitrogen and oxygen atoms in total. The lowest BCUT2D eigenvalue weighted by atomic mass is 9.99. The highest BCUT2D eigenvalue weighted by atomic mass is 16.5. The van der Waals surface area contributed by atoms with E-state index in [9.17, 15) is 5.11 Å². The lowest BCUT2D eigenvalue weighted by molar-refractivity contribution is 0.117. The Morgan fingerprint density at radius 1 is 1.18 bits per heavy atom. The molecule has 2 N–H and O–H groups in total. The quantitative estimate of drug-likeness (QED) is 0.629. The minimum Gasteiger partial charge on any atom is -0.491 e. The predicted molar refractivity (Wildman–Crippen MR) is 117 cm³/mol. The van der Waals surface area contributed by atoms with Gasteiger partial charge in [0.15, 0.2) is 0 Å². The number of benzene rings is 2. The molecule has 2 aromatic rings. The van der Waals surface area contributed by atoms with Gasteiger partial charge in [0.1, 0.15) is 18.5 Å². The van der Waals surface area contributed by atoms with Gasteiger partial charge in [0.05, 0.1) is 0 Å². The molecule has 0 aromatic heterocycles. The first-order valence-corrected chi connectivity index (χ1v) is 10.2. The second-order valence-electron chi connectivity index (χ2n) is 7.66. The molecule has 0 aliphatic carbocycles. The average molecular weight is 381 g/mol. The van der Waals surface area contributed by atoms with Gasteiger partial charge in [0.25, 0.3) is 0 Å². The monoisotopic (exact) mass is 380 g/mol. The van der Waals surface area contributed by atoms with Crippen LogP contribution in [-0.2, 0) is 6.42 Å². The summed E-state index contributed by atoms with van der Waals surface area (Å²) in [6.07, 6.45) is 4.56. The number of piperidine rings is 1. The van der Waals surface area contributed by atoms with E-state index in [0.29, 0.717) is 6.54 Å². The van der Waals surface area contributed by atoms with Crippen LogP contribution < -0.4 is 15.0 Å². The molecule has 0 bridgehead atoms. The van der Waals surface area contributed by atoms with Crippen LogP contribution in [0.3, 0.4) is 0 Å². The average Bonchev–Trinajstić information content (AvgIpc) is 2.73. The van der Waals surface area contributed by atoms with E-state index in [1.165, 1.54) is 18.5 Å². The van der Waals surface area contributed by atoms with Crippen molar-refractivity contribution in [2.75, 3.05) is 36.5 Å². The zero-order valence-corrected chi connectivity index (χ0v) is 16.8. The number of allylic oxidation sites excluding steroid dienone is 1. The highest BCUT2D eigenvalue weighted by Crippen LogP contribution is 2.24. The fourth-order valence-electron chi connectivity index (χ4n) is 3.51. The minimum atomic E-state index is -0.583. The van der Waals surface area contributed by atoms with Crippen LogP contribution in [-0.4, -0.2) is 37.5 Å². The maximum Gasteiger partial charge on any atom is 0.122 e. The molecule has 4 heteroatoms. The fraction of sp³-hybridized carbons (Fsp3) is 0.417. The third-order valence-corrected chi connectivity index (χ3v) is 5.33. The van der Waals surface area contributed by atoms with Crippen molar-refractivity contribution in [3.05, 3.63) is 66.7 Å². The van der Waals surface area contributed by atoms with E-state index in [1.54, 1.807) is 0 Å². The second-order valence-corrected chi connectivity index (χ2v) is 7.66. The van der Waals surface area contributed by atoms with Crippen molar-refractivity contribution in [1.82, 2.24) is 0 Å². The van der Waals surface area contributed by atoms with Crippen molar-refractivity contribution >= 4 is 11.4 Å². The third-order valence-electron chi connectivity index (χ3n) is 5.33. The van der Waals surface area contributed by atoms with Gasteiger partial charge in [-0.2, -0.15) is 0 Å². The number of hydrogen-bond acceptors (Lipinski definition) is 4. The Morgan fingerprint density at radius 2 is 1.89 bits per heavy atom. The van der Waals surface area contributed by atoms with Crippen molar-refractivity contribution < 1.29 is 9.84 Å². The Morgan fingerprint density at radius 3 is 2.61 bits per heavy atom. The maximum absolute atomic E-state index is 10.3. The first kappa shape index (κ1) is 20.3. The summed E-state index contributed by atoms with van der Waals surface area (Å²) in [6.45, 7) is 9.08. The second kappa shape index (κ2) is 10.2. The van der Waals surface area contributed by atoms with E-state index >= 15 is 0 Å². The maximum atomic E-state index is 10.3. The lowest BCUT2D eigenvalue weighted by Gasteiger charge is -2.32. The molecular weight excluding hydrogens is 348 g/mol. The number of nitrogens with one attached hydrogen (secondary N) is 1. The summed E-state index contributed by atoms with van der Waals surface area (Å²) in [6, 6.07) is 16.4. The summed E-state index contributed by atoms with van der Waals surface area (Å²) >= 11 is 0. The summed E-state index contributed by atoms with van der Waals surface area (Å²) in [5.74, 6) is 1.64. The van der Waals surface area contributed by atoms with Crippen LogP contribution in [0.5, 0.6) is 5.75 Å². The molecule has 0 saturated carbocycles. The third kappa shape index (κ3) is 5.77. The van der Waals surface area contributed by atoms with Gasteiger partial charge >= 0.3 is 0 Å². The van der Waals surface area contributed by atoms with Crippen molar-refractivity contribution in [3.63, 3.8) is 0 Å². The van der Waals surface area contributed by atoms with Gasteiger partial charge in [0, 0.05) is 31.0 Å². The molecule has 150 valence electrons. The van der Waals surface area contributed by atoms with Gasteiger partial charge in [-0.25, -0.2) is 0 Å². The number of anilines is 2. The van der Waals surface area contributed by atoms with E-state index in [1.807, 2.05) is 30.3 Å². The van der Waals surface area contributed by atoms with Gasteiger partial charge in [0.2, 0.25) is 0 Å². The molecule has 1 unspecified atom stereocenters. The van der Waals surface area contributed by atoms with Crippen molar-refractivity contribution in [2.24, 2.45) is 5.92 Å². The minimum absolute atomic E-state index is 0.255. The van der Waals surface area contributed by atoms with E-state index in [2.05, 4.69) is 48.0 Å². The highest BCUT2D eigenvalue weighted by molar-refractivity contribution is 5.55. The molecule has 0 amide bonds. The molecule has 1 saturated heterocycles. The number of hydrogen-bond donors (Lipinski definition) is 2. The number of nitrogens with zero attached hydrogens (tertiary/aromatic N) is 1. The van der Waals surface area contributed by atoms with Crippen LogP contribution in [0.15, 0.2) is 61.2 Å². The Bertz CT molecular complexity index is 737. The van der Waals surface area contributed by atoms with E-state index in [-0.39, 0.29) is 6.61 Å². The molecule has 3 rings (SSSR count). The molecule has 1 atom stereocenters. The highest BCUT2D eigenvalue weighted by Gasteiger charge is 2.15. The Kier molecular flexibility index (Phi) is 7.38. The number of para-hydroxylation sites is 1. The van der Waals surface area contributed by atoms with E-state index in [4.69, 9.17) is 4.74 Å². The molecular formula is C24H32N2O2. The van der Waals surface area contributed by atoms with Crippen LogP contribution in [0.25, 0.3) is 0 Å². The Labute approximate surface area is 168 Å². The number of aliphatic hydroxyl groups excluding tert-OH is 1. The molecule has 28 heavy (non-hydrogen) atoms. The zero-order valence-electron chi connectivity index (χ0n) is 16.8. The van der Waals surface area contributed by atoms with Crippen molar-refractivity contribution in [3.8, 4) is 5.75 Å². The summed E-state index contributed by atoms with van der Waals surface area (Å²) in [7, 11) is 0. The first-order valence-electron chi connectivity index (χ1n) is 10.2. The number of aliphatic hydroxyl groups is 1. The predicted octanol–water partition coefficient (Wildman–Crippen LogP) is 4.50. The summed E-state index contributed by atoms with van der Waals surface area (Å²) in [4.78, 5) is 2.45. The van der Waals surface area contributed by atoms with Crippen LogP contribution in [0, 0.1) is 5.92 Å². The zero-order chi connectivity index (χ0) is 19.8. The lowest BCUT2D eigenvalue weighted by Crippen LogP contribution is -2.32. The largest absolute Gasteiger partial charge is 0.491 e. The smallest absolute Gasteiger partial charge is 0.122 e. The topological polar surface area (TPSA) is 44.7 Å². The number of rotatable bonds is 9. The Hall–Kier alpha value is -2.46. The molecule has 2 aromatic carbocycles. The van der Waals surface area contributed by atoms with Crippen molar-refractivity contribution in [2.45, 2.75) is 32.3 Å². The van der Waals surface area contributed by atoms with Crippen molar-refractivity contribution in [1.29, 1.82) is 0 Å². The number of ether oxygens (including phenoxy) is 1. The van der Waals surface area contributed by atoms with Gasteiger partial charge < -0.3 is 20.1 Å². The van der Waals surface area contributed by atoms with Crippen LogP contribution in [0.2, 0.25) is 0 Å². The fourth-order valence-corrected chi connectivity index (χ4v) is 3.51. The first-order chi connectivity index (χ1) is 13.7. The van der Waals surface area contributed by atoms with Crippen LogP contribution in [0.4, 0.5) is 11.4 Å². The van der Waals surface area contributed by atoms with Crippen LogP contribution in [0.1, 0.15) is 25.3 Å². The van der Waals surface area contributed by atoms with Crippen LogP contribution >= 0.6 is 0 Å². The molecule has 0 spiro atoms. The van der Waals surface area contributed by atoms with Gasteiger partial charge in [-0.1, -0.05) is 31.2 Å². The Balaban J connectivity index is 1.44. The van der Waals surface area contributed by atoms with E-state index in [0.717, 1.165) is 42.4 Å². The molecule has 1 aliphatic rings. The van der Waals surface area contributed by atoms with E-state index < -0.39 is 6.10 Å². The van der Waals surface area contributed by atoms with Gasteiger partial charge in [-0.3, -0.25) is 0 Å². The summed E-state index contributed by atoms with van der Waals surface area (Å²) in [5, 5.41) is 13.6. The normalized spacial score (nSPS) is 15.9. The molecule has 1 heterocycles. The molecule has 1 fully saturated rings. The molecule has 1 aliphatic heterocycles. The molecule has 0 radical (unpaired) electrons. The SMILES string of the molecule is C=CCc1ccccc1OCC(O)CNc1ccc(N2CCC(C)CC2)cc1.